The highest BCUT2D eigenvalue weighted by molar-refractivity contribution is 14.0. The third kappa shape index (κ3) is 6.68. The van der Waals surface area contributed by atoms with Gasteiger partial charge in [0.2, 0.25) is 0 Å². The number of aliphatic imine (C=N–C) groups is 1. The molecule has 2 N–H and O–H groups in total. The van der Waals surface area contributed by atoms with Crippen LogP contribution in [0.1, 0.15) is 28.1 Å². The van der Waals surface area contributed by atoms with Gasteiger partial charge in [0.25, 0.3) is 0 Å². The van der Waals surface area contributed by atoms with E-state index in [1.165, 1.54) is 22.4 Å². The van der Waals surface area contributed by atoms with Crippen molar-refractivity contribution in [1.29, 1.82) is 0 Å². The number of ether oxygens (including phenoxy) is 1. The van der Waals surface area contributed by atoms with Crippen molar-refractivity contribution in [3.63, 3.8) is 0 Å². The Morgan fingerprint density at radius 3 is 2.48 bits per heavy atom. The Labute approximate surface area is 190 Å². The Morgan fingerprint density at radius 2 is 1.83 bits per heavy atom. The van der Waals surface area contributed by atoms with Crippen LogP contribution in [0.25, 0.3) is 0 Å². The van der Waals surface area contributed by atoms with Gasteiger partial charge in [0.15, 0.2) is 5.96 Å². The SMILES string of the molecule is CN=C(NCc1cccc(CN2CCOCC2)c1)NCc1c(C)nn(C)c1C.I. The number of morpholine rings is 1. The maximum absolute atomic E-state index is 5.43. The zero-order valence-corrected chi connectivity index (χ0v) is 20.2. The van der Waals surface area contributed by atoms with Gasteiger partial charge < -0.3 is 15.4 Å². The molecule has 0 saturated carbocycles. The summed E-state index contributed by atoms with van der Waals surface area (Å²) in [7, 11) is 3.77. The number of nitrogens with one attached hydrogen (secondary N) is 2. The molecule has 7 nitrogen and oxygen atoms in total. The minimum absolute atomic E-state index is 0. The Balaban J connectivity index is 0.00000300. The van der Waals surface area contributed by atoms with Crippen LogP contribution in [0.5, 0.6) is 0 Å². The largest absolute Gasteiger partial charge is 0.379 e. The molecular formula is C21H33IN6O. The lowest BCUT2D eigenvalue weighted by Gasteiger charge is -2.26. The topological polar surface area (TPSA) is 66.7 Å². The molecule has 1 aromatic heterocycles. The zero-order chi connectivity index (χ0) is 19.9. The Bertz CT molecular complexity index is 813. The van der Waals surface area contributed by atoms with E-state index in [9.17, 15) is 0 Å². The highest BCUT2D eigenvalue weighted by Crippen LogP contribution is 2.12. The van der Waals surface area contributed by atoms with Gasteiger partial charge >= 0.3 is 0 Å². The number of rotatable bonds is 6. The van der Waals surface area contributed by atoms with Crippen LogP contribution in [0.4, 0.5) is 0 Å². The van der Waals surface area contributed by atoms with Gasteiger partial charge in [-0.25, -0.2) is 0 Å². The molecule has 29 heavy (non-hydrogen) atoms. The predicted molar refractivity (Wildman–Crippen MR) is 128 cm³/mol. The van der Waals surface area contributed by atoms with Gasteiger partial charge in [-0.3, -0.25) is 14.6 Å². The molecule has 2 heterocycles. The van der Waals surface area contributed by atoms with Gasteiger partial charge in [0.05, 0.1) is 18.9 Å². The number of guanidine groups is 1. The van der Waals surface area contributed by atoms with Crippen LogP contribution >= 0.6 is 24.0 Å². The molecular weight excluding hydrogens is 479 g/mol. The lowest BCUT2D eigenvalue weighted by Crippen LogP contribution is -2.36. The molecule has 1 aliphatic rings. The summed E-state index contributed by atoms with van der Waals surface area (Å²) < 4.78 is 7.35. The van der Waals surface area contributed by atoms with Crippen LogP contribution in [0.3, 0.4) is 0 Å². The van der Waals surface area contributed by atoms with Gasteiger partial charge in [-0.15, -0.1) is 24.0 Å². The smallest absolute Gasteiger partial charge is 0.191 e. The molecule has 8 heteroatoms. The quantitative estimate of drug-likeness (QED) is 0.354. The standard InChI is InChI=1S/C21H32N6O.HI/c1-16-20(17(2)26(4)25-16)14-24-21(22-3)23-13-18-6-5-7-19(12-18)15-27-8-10-28-11-9-27;/h5-7,12H,8-11,13-15H2,1-4H3,(H2,22,23,24);1H. The van der Waals surface area contributed by atoms with Gasteiger partial charge in [-0.05, 0) is 25.0 Å². The second kappa shape index (κ2) is 11.5. The molecule has 2 aromatic rings. The van der Waals surface area contributed by atoms with E-state index in [2.05, 4.69) is 56.8 Å². The monoisotopic (exact) mass is 512 g/mol. The van der Waals surface area contributed by atoms with E-state index in [1.54, 1.807) is 7.05 Å². The number of aryl methyl sites for hydroxylation is 2. The maximum atomic E-state index is 5.43. The maximum Gasteiger partial charge on any atom is 0.191 e. The van der Waals surface area contributed by atoms with E-state index in [1.807, 2.05) is 18.7 Å². The van der Waals surface area contributed by atoms with Crippen molar-refractivity contribution in [1.82, 2.24) is 25.3 Å². The van der Waals surface area contributed by atoms with Gasteiger partial charge in [-0.2, -0.15) is 5.10 Å². The first-order valence-corrected chi connectivity index (χ1v) is 9.88. The molecule has 0 spiro atoms. The van der Waals surface area contributed by atoms with Crippen molar-refractivity contribution in [2.45, 2.75) is 33.5 Å². The molecule has 0 atom stereocenters. The van der Waals surface area contributed by atoms with E-state index in [0.29, 0.717) is 6.54 Å². The molecule has 0 aliphatic carbocycles. The molecule has 0 amide bonds. The highest BCUT2D eigenvalue weighted by atomic mass is 127. The van der Waals surface area contributed by atoms with E-state index in [0.717, 1.165) is 51.0 Å². The van der Waals surface area contributed by atoms with Crippen LogP contribution < -0.4 is 10.6 Å². The Kier molecular flexibility index (Phi) is 9.38. The first-order chi connectivity index (χ1) is 13.6. The van der Waals surface area contributed by atoms with Crippen molar-refractivity contribution in [3.05, 3.63) is 52.3 Å². The fourth-order valence-corrected chi connectivity index (χ4v) is 3.51. The molecule has 0 unspecified atom stereocenters. The van der Waals surface area contributed by atoms with Crippen LogP contribution in [0.2, 0.25) is 0 Å². The summed E-state index contributed by atoms with van der Waals surface area (Å²) in [5.41, 5.74) is 6.04. The average Bonchev–Trinajstić information content (AvgIpc) is 2.95. The minimum Gasteiger partial charge on any atom is -0.379 e. The van der Waals surface area contributed by atoms with Gasteiger partial charge in [-0.1, -0.05) is 24.3 Å². The second-order valence-corrected chi connectivity index (χ2v) is 7.26. The zero-order valence-electron chi connectivity index (χ0n) is 17.9. The van der Waals surface area contributed by atoms with Crippen molar-refractivity contribution in [2.75, 3.05) is 33.4 Å². The lowest BCUT2D eigenvalue weighted by atomic mass is 10.1. The molecule has 1 saturated heterocycles. The first kappa shape index (κ1) is 23.6. The van der Waals surface area contributed by atoms with E-state index in [-0.39, 0.29) is 24.0 Å². The van der Waals surface area contributed by atoms with E-state index in [4.69, 9.17) is 4.74 Å². The van der Waals surface area contributed by atoms with Gasteiger partial charge in [0.1, 0.15) is 0 Å². The summed E-state index contributed by atoms with van der Waals surface area (Å²) in [6.45, 7) is 10.2. The fourth-order valence-electron chi connectivity index (χ4n) is 3.51. The number of hydrogen-bond acceptors (Lipinski definition) is 4. The average molecular weight is 512 g/mol. The summed E-state index contributed by atoms with van der Waals surface area (Å²) in [6, 6.07) is 8.75. The summed E-state index contributed by atoms with van der Waals surface area (Å²) >= 11 is 0. The van der Waals surface area contributed by atoms with E-state index < -0.39 is 0 Å². The summed E-state index contributed by atoms with van der Waals surface area (Å²) in [4.78, 5) is 6.79. The molecule has 1 aromatic carbocycles. The number of nitrogens with zero attached hydrogens (tertiary/aromatic N) is 4. The number of benzene rings is 1. The number of aromatic nitrogens is 2. The number of hydrogen-bond donors (Lipinski definition) is 2. The van der Waals surface area contributed by atoms with Crippen molar-refractivity contribution in [2.24, 2.45) is 12.0 Å². The third-order valence-electron chi connectivity index (χ3n) is 5.28. The number of halogens is 1. The van der Waals surface area contributed by atoms with Crippen LogP contribution in [0.15, 0.2) is 29.3 Å². The Hall–Kier alpha value is -1.65. The summed E-state index contributed by atoms with van der Waals surface area (Å²) in [6.07, 6.45) is 0. The van der Waals surface area contributed by atoms with Crippen molar-refractivity contribution < 1.29 is 4.74 Å². The van der Waals surface area contributed by atoms with Crippen LogP contribution in [-0.4, -0.2) is 54.0 Å². The molecule has 160 valence electrons. The second-order valence-electron chi connectivity index (χ2n) is 7.26. The van der Waals surface area contributed by atoms with Crippen molar-refractivity contribution >= 4 is 29.9 Å². The molecule has 1 aliphatic heterocycles. The summed E-state index contributed by atoms with van der Waals surface area (Å²) in [5.74, 6) is 0.793. The Morgan fingerprint density at radius 1 is 1.14 bits per heavy atom. The highest BCUT2D eigenvalue weighted by Gasteiger charge is 2.11. The molecule has 1 fully saturated rings. The van der Waals surface area contributed by atoms with Crippen LogP contribution in [0, 0.1) is 13.8 Å². The van der Waals surface area contributed by atoms with Crippen LogP contribution in [-0.2, 0) is 31.4 Å². The van der Waals surface area contributed by atoms with Crippen molar-refractivity contribution in [3.8, 4) is 0 Å². The molecule has 3 rings (SSSR count). The molecule has 0 radical (unpaired) electrons. The molecule has 0 bridgehead atoms. The lowest BCUT2D eigenvalue weighted by molar-refractivity contribution is 0.0342. The fraction of sp³-hybridized carbons (Fsp3) is 0.524. The van der Waals surface area contributed by atoms with E-state index >= 15 is 0 Å². The third-order valence-corrected chi connectivity index (χ3v) is 5.28. The minimum atomic E-state index is 0. The predicted octanol–water partition coefficient (Wildman–Crippen LogP) is 2.35. The van der Waals surface area contributed by atoms with Gasteiger partial charge in [0, 0.05) is 58.1 Å². The normalized spacial score (nSPS) is 15.1. The first-order valence-electron chi connectivity index (χ1n) is 9.88. The summed E-state index contributed by atoms with van der Waals surface area (Å²) in [5, 5.41) is 11.3.